The van der Waals surface area contributed by atoms with Crippen molar-refractivity contribution in [1.82, 2.24) is 15.8 Å². The van der Waals surface area contributed by atoms with Gasteiger partial charge in [0.05, 0.1) is 18.3 Å². The summed E-state index contributed by atoms with van der Waals surface area (Å²) in [5, 5.41) is 11.0. The van der Waals surface area contributed by atoms with Crippen LogP contribution in [0.4, 0.5) is 0 Å². The highest BCUT2D eigenvalue weighted by molar-refractivity contribution is 14.0. The first kappa shape index (κ1) is 25.2. The SMILES string of the molecule is CCC(CC)c1cc(CNC(=NC)NCC2CCCOC2C(C)(C)C)on1.I. The second-order valence-electron chi connectivity index (χ2n) is 8.60. The molecule has 0 saturated carbocycles. The maximum absolute atomic E-state index is 6.07. The maximum atomic E-state index is 6.07. The Morgan fingerprint density at radius 3 is 2.61 bits per heavy atom. The average molecular weight is 506 g/mol. The summed E-state index contributed by atoms with van der Waals surface area (Å²) in [6, 6.07) is 2.06. The summed E-state index contributed by atoms with van der Waals surface area (Å²) in [6.07, 6.45) is 4.75. The van der Waals surface area contributed by atoms with Gasteiger partial charge < -0.3 is 19.9 Å². The molecule has 1 aliphatic heterocycles. The van der Waals surface area contributed by atoms with E-state index in [1.807, 2.05) is 0 Å². The van der Waals surface area contributed by atoms with Crippen molar-refractivity contribution in [2.75, 3.05) is 20.2 Å². The number of guanidine groups is 1. The largest absolute Gasteiger partial charge is 0.377 e. The molecule has 0 aromatic carbocycles. The third-order valence-electron chi connectivity index (χ3n) is 5.46. The van der Waals surface area contributed by atoms with Crippen molar-refractivity contribution in [1.29, 1.82) is 0 Å². The number of aliphatic imine (C=N–C) groups is 1. The van der Waals surface area contributed by atoms with Crippen LogP contribution in [0.15, 0.2) is 15.6 Å². The van der Waals surface area contributed by atoms with Gasteiger partial charge in [0.1, 0.15) is 0 Å². The molecule has 1 aromatic heterocycles. The van der Waals surface area contributed by atoms with Gasteiger partial charge in [-0.2, -0.15) is 0 Å². The molecule has 2 heterocycles. The summed E-state index contributed by atoms with van der Waals surface area (Å²) in [7, 11) is 1.80. The van der Waals surface area contributed by atoms with Crippen molar-refractivity contribution in [3.63, 3.8) is 0 Å². The van der Waals surface area contributed by atoms with Crippen LogP contribution in [0.2, 0.25) is 0 Å². The summed E-state index contributed by atoms with van der Waals surface area (Å²) in [6.45, 7) is 13.4. The van der Waals surface area contributed by atoms with Crippen molar-refractivity contribution >= 4 is 29.9 Å². The minimum atomic E-state index is 0. The summed E-state index contributed by atoms with van der Waals surface area (Å²) in [4.78, 5) is 4.34. The summed E-state index contributed by atoms with van der Waals surface area (Å²) in [5.74, 6) is 2.59. The van der Waals surface area contributed by atoms with Gasteiger partial charge in [0.25, 0.3) is 0 Å². The highest BCUT2D eigenvalue weighted by Gasteiger charge is 2.35. The van der Waals surface area contributed by atoms with E-state index in [0.29, 0.717) is 18.4 Å². The number of nitrogens with one attached hydrogen (secondary N) is 2. The van der Waals surface area contributed by atoms with Gasteiger partial charge in [-0.25, -0.2) is 0 Å². The van der Waals surface area contributed by atoms with E-state index < -0.39 is 0 Å². The summed E-state index contributed by atoms with van der Waals surface area (Å²) >= 11 is 0. The number of hydrogen-bond acceptors (Lipinski definition) is 4. The molecular weight excluding hydrogens is 467 g/mol. The monoisotopic (exact) mass is 506 g/mol. The molecule has 0 amide bonds. The fourth-order valence-corrected chi connectivity index (χ4v) is 3.94. The molecule has 2 rings (SSSR count). The molecule has 28 heavy (non-hydrogen) atoms. The van der Waals surface area contributed by atoms with Gasteiger partial charge in [-0.1, -0.05) is 39.8 Å². The van der Waals surface area contributed by atoms with Gasteiger partial charge >= 0.3 is 0 Å². The highest BCUT2D eigenvalue weighted by Crippen LogP contribution is 2.33. The van der Waals surface area contributed by atoms with Crippen LogP contribution in [0.3, 0.4) is 0 Å². The van der Waals surface area contributed by atoms with Gasteiger partial charge in [0, 0.05) is 38.1 Å². The first-order valence-corrected chi connectivity index (χ1v) is 10.4. The number of ether oxygens (including phenoxy) is 1. The van der Waals surface area contributed by atoms with Crippen LogP contribution in [0, 0.1) is 11.3 Å². The lowest BCUT2D eigenvalue weighted by molar-refractivity contribution is -0.0835. The van der Waals surface area contributed by atoms with Crippen LogP contribution < -0.4 is 10.6 Å². The Morgan fingerprint density at radius 1 is 1.29 bits per heavy atom. The van der Waals surface area contributed by atoms with Crippen LogP contribution in [0.1, 0.15) is 77.7 Å². The molecule has 1 fully saturated rings. The lowest BCUT2D eigenvalue weighted by atomic mass is 9.78. The normalized spacial score (nSPS) is 20.8. The second kappa shape index (κ2) is 12.0. The third-order valence-corrected chi connectivity index (χ3v) is 5.46. The number of aromatic nitrogens is 1. The van der Waals surface area contributed by atoms with Gasteiger partial charge in [-0.15, -0.1) is 24.0 Å². The molecular formula is C21H39IN4O2. The van der Waals surface area contributed by atoms with Crippen LogP contribution in [-0.4, -0.2) is 37.4 Å². The number of nitrogens with zero attached hydrogens (tertiary/aromatic N) is 2. The first-order chi connectivity index (χ1) is 12.9. The fraction of sp³-hybridized carbons (Fsp3) is 0.810. The van der Waals surface area contributed by atoms with Crippen molar-refractivity contribution in [2.24, 2.45) is 16.3 Å². The lowest BCUT2D eigenvalue weighted by Crippen LogP contribution is -2.47. The second-order valence-corrected chi connectivity index (χ2v) is 8.60. The fourth-order valence-electron chi connectivity index (χ4n) is 3.94. The zero-order valence-corrected chi connectivity index (χ0v) is 20.7. The predicted molar refractivity (Wildman–Crippen MR) is 125 cm³/mol. The molecule has 1 aliphatic rings. The number of hydrogen-bond donors (Lipinski definition) is 2. The van der Waals surface area contributed by atoms with E-state index in [9.17, 15) is 0 Å². The molecule has 6 nitrogen and oxygen atoms in total. The first-order valence-electron chi connectivity index (χ1n) is 10.4. The van der Waals surface area contributed by atoms with E-state index in [2.05, 4.69) is 61.5 Å². The van der Waals surface area contributed by atoms with Crippen LogP contribution in [0.25, 0.3) is 0 Å². The lowest BCUT2D eigenvalue weighted by Gasteiger charge is -2.40. The average Bonchev–Trinajstić information content (AvgIpc) is 3.11. The zero-order chi connectivity index (χ0) is 19.9. The van der Waals surface area contributed by atoms with E-state index in [1.165, 1.54) is 6.42 Å². The quantitative estimate of drug-likeness (QED) is 0.319. The van der Waals surface area contributed by atoms with E-state index in [4.69, 9.17) is 9.26 Å². The molecule has 0 aliphatic carbocycles. The topological polar surface area (TPSA) is 71.7 Å². The molecule has 1 aromatic rings. The Kier molecular flexibility index (Phi) is 10.8. The van der Waals surface area contributed by atoms with Crippen molar-refractivity contribution in [3.8, 4) is 0 Å². The van der Waals surface area contributed by atoms with Crippen LogP contribution in [0.5, 0.6) is 0 Å². The Bertz CT molecular complexity index is 593. The molecule has 0 radical (unpaired) electrons. The van der Waals surface area contributed by atoms with E-state index in [1.54, 1.807) is 7.05 Å². The number of rotatable bonds is 7. The molecule has 7 heteroatoms. The summed E-state index contributed by atoms with van der Waals surface area (Å²) in [5.41, 5.74) is 1.20. The van der Waals surface area contributed by atoms with Crippen molar-refractivity contribution in [3.05, 3.63) is 17.5 Å². The van der Waals surface area contributed by atoms with E-state index in [-0.39, 0.29) is 35.5 Å². The predicted octanol–water partition coefficient (Wildman–Crippen LogP) is 4.70. The van der Waals surface area contributed by atoms with E-state index in [0.717, 1.165) is 49.8 Å². The molecule has 0 spiro atoms. The molecule has 2 atom stereocenters. The zero-order valence-electron chi connectivity index (χ0n) is 18.4. The minimum absolute atomic E-state index is 0. The smallest absolute Gasteiger partial charge is 0.191 e. The summed E-state index contributed by atoms with van der Waals surface area (Å²) < 4.78 is 11.6. The van der Waals surface area contributed by atoms with Gasteiger partial charge in [-0.3, -0.25) is 4.99 Å². The third kappa shape index (κ3) is 7.21. The number of halogens is 1. The highest BCUT2D eigenvalue weighted by atomic mass is 127. The van der Waals surface area contributed by atoms with Gasteiger partial charge in [0.15, 0.2) is 11.7 Å². The maximum Gasteiger partial charge on any atom is 0.191 e. The molecule has 2 unspecified atom stereocenters. The van der Waals surface area contributed by atoms with Gasteiger partial charge in [0.2, 0.25) is 0 Å². The Hall–Kier alpha value is -0.830. The van der Waals surface area contributed by atoms with Crippen LogP contribution >= 0.6 is 24.0 Å². The van der Waals surface area contributed by atoms with E-state index >= 15 is 0 Å². The van der Waals surface area contributed by atoms with Crippen LogP contribution in [-0.2, 0) is 11.3 Å². The van der Waals surface area contributed by atoms with Gasteiger partial charge in [-0.05, 0) is 31.1 Å². The molecule has 2 N–H and O–H groups in total. The molecule has 162 valence electrons. The Balaban J connectivity index is 0.00000392. The Morgan fingerprint density at radius 2 is 2.00 bits per heavy atom. The van der Waals surface area contributed by atoms with Crippen molar-refractivity contribution in [2.45, 2.75) is 78.9 Å². The molecule has 1 saturated heterocycles. The van der Waals surface area contributed by atoms with Crippen molar-refractivity contribution < 1.29 is 9.26 Å². The standard InChI is InChI=1S/C21H38N4O2.HI/c1-7-15(8-2)18-12-17(27-25-18)14-24-20(22-6)23-13-16-10-9-11-26-19(16)21(3,4)5;/h12,15-16,19H,7-11,13-14H2,1-6H3,(H2,22,23,24);1H. The minimum Gasteiger partial charge on any atom is -0.377 e. The molecule has 0 bridgehead atoms. The Labute approximate surface area is 187 Å².